The molecule has 0 aromatic heterocycles. The highest BCUT2D eigenvalue weighted by molar-refractivity contribution is 5.95. The number of carbonyl (C=O) groups excluding carboxylic acids is 1. The molecule has 1 unspecified atom stereocenters. The van der Waals surface area contributed by atoms with Gasteiger partial charge in [-0.2, -0.15) is 0 Å². The van der Waals surface area contributed by atoms with Crippen LogP contribution in [0, 0.1) is 6.92 Å². The van der Waals surface area contributed by atoms with Gasteiger partial charge in [-0.1, -0.05) is 24.3 Å². The Bertz CT molecular complexity index is 681. The number of phenols is 1. The van der Waals surface area contributed by atoms with Crippen molar-refractivity contribution >= 4 is 11.6 Å². The lowest BCUT2D eigenvalue weighted by Gasteiger charge is -2.25. The Morgan fingerprint density at radius 2 is 2.10 bits per heavy atom. The van der Waals surface area contributed by atoms with Gasteiger partial charge in [-0.3, -0.25) is 4.79 Å². The molecule has 2 N–H and O–H groups in total. The van der Waals surface area contributed by atoms with E-state index in [9.17, 15) is 9.90 Å². The van der Waals surface area contributed by atoms with E-state index in [0.717, 1.165) is 23.3 Å². The van der Waals surface area contributed by atoms with E-state index in [1.807, 2.05) is 25.1 Å². The third-order valence-corrected chi connectivity index (χ3v) is 3.62. The zero-order valence-electron chi connectivity index (χ0n) is 11.8. The minimum absolute atomic E-state index is 0.0536. The fraction of sp³-hybridized carbons (Fsp3) is 0.235. The van der Waals surface area contributed by atoms with Crippen molar-refractivity contribution in [3.05, 3.63) is 53.6 Å². The van der Waals surface area contributed by atoms with Gasteiger partial charge in [-0.15, -0.1) is 0 Å². The molecule has 1 amide bonds. The zero-order valence-corrected chi connectivity index (χ0v) is 11.8. The number of carbonyl (C=O) groups is 1. The second-order valence-corrected chi connectivity index (χ2v) is 5.26. The van der Waals surface area contributed by atoms with Gasteiger partial charge in [0, 0.05) is 0 Å². The predicted octanol–water partition coefficient (Wildman–Crippen LogP) is 3.03. The standard InChI is InChI=1S/C17H17NO3/c1-11-6-7-12-8-9-15(21-16(12)10-11)17(20)18-13-4-2-3-5-14(13)19/h2-7,10,15,19H,8-9H2,1H3,(H,18,20). The summed E-state index contributed by atoms with van der Waals surface area (Å²) in [5.41, 5.74) is 2.64. The van der Waals surface area contributed by atoms with Gasteiger partial charge in [0.05, 0.1) is 5.69 Å². The Hall–Kier alpha value is -2.49. The third-order valence-electron chi connectivity index (χ3n) is 3.62. The number of hydrogen-bond donors (Lipinski definition) is 2. The highest BCUT2D eigenvalue weighted by Crippen LogP contribution is 2.29. The van der Waals surface area contributed by atoms with Crippen LogP contribution < -0.4 is 10.1 Å². The van der Waals surface area contributed by atoms with Gasteiger partial charge in [-0.25, -0.2) is 0 Å². The number of hydrogen-bond acceptors (Lipinski definition) is 3. The number of phenolic OH excluding ortho intramolecular Hbond substituents is 1. The molecule has 2 aromatic carbocycles. The van der Waals surface area contributed by atoms with Crippen molar-refractivity contribution in [1.82, 2.24) is 0 Å². The van der Waals surface area contributed by atoms with Gasteiger partial charge in [0.25, 0.3) is 5.91 Å². The average molecular weight is 283 g/mol. The number of aryl methyl sites for hydroxylation is 2. The zero-order chi connectivity index (χ0) is 14.8. The highest BCUT2D eigenvalue weighted by atomic mass is 16.5. The third kappa shape index (κ3) is 2.84. The van der Waals surface area contributed by atoms with Gasteiger partial charge in [0.2, 0.25) is 0 Å². The summed E-state index contributed by atoms with van der Waals surface area (Å²) in [6.45, 7) is 2.00. The fourth-order valence-electron chi connectivity index (χ4n) is 2.45. The van der Waals surface area contributed by atoms with E-state index < -0.39 is 6.10 Å². The SMILES string of the molecule is Cc1ccc2c(c1)OC(C(=O)Nc1ccccc1O)CC2. The number of para-hydroxylation sites is 2. The lowest BCUT2D eigenvalue weighted by atomic mass is 10.0. The van der Waals surface area contributed by atoms with E-state index in [4.69, 9.17) is 4.74 Å². The number of anilines is 1. The first-order valence-electron chi connectivity index (χ1n) is 6.98. The molecule has 1 aliphatic rings. The molecule has 21 heavy (non-hydrogen) atoms. The number of nitrogens with one attached hydrogen (secondary N) is 1. The van der Waals surface area contributed by atoms with E-state index >= 15 is 0 Å². The summed E-state index contributed by atoms with van der Waals surface area (Å²) in [6, 6.07) is 12.7. The normalized spacial score (nSPS) is 16.7. The maximum Gasteiger partial charge on any atom is 0.265 e. The maximum absolute atomic E-state index is 12.3. The molecule has 0 fully saturated rings. The number of fused-ring (bicyclic) bond motifs is 1. The summed E-state index contributed by atoms with van der Waals surface area (Å²) in [4.78, 5) is 12.3. The van der Waals surface area contributed by atoms with Crippen molar-refractivity contribution in [2.75, 3.05) is 5.32 Å². The van der Waals surface area contributed by atoms with Crippen molar-refractivity contribution in [2.24, 2.45) is 0 Å². The highest BCUT2D eigenvalue weighted by Gasteiger charge is 2.26. The minimum atomic E-state index is -0.529. The molecule has 2 aromatic rings. The van der Waals surface area contributed by atoms with Crippen LogP contribution in [0.5, 0.6) is 11.5 Å². The number of aromatic hydroxyl groups is 1. The molecule has 0 aliphatic carbocycles. The molecule has 4 heteroatoms. The molecule has 1 atom stereocenters. The van der Waals surface area contributed by atoms with Crippen LogP contribution in [-0.2, 0) is 11.2 Å². The molecule has 108 valence electrons. The van der Waals surface area contributed by atoms with E-state index in [1.54, 1.807) is 18.2 Å². The first-order valence-corrected chi connectivity index (χ1v) is 6.98. The summed E-state index contributed by atoms with van der Waals surface area (Å²) in [5.74, 6) is 0.597. The summed E-state index contributed by atoms with van der Waals surface area (Å²) >= 11 is 0. The molecule has 0 spiro atoms. The molecule has 0 bridgehead atoms. The average Bonchev–Trinajstić information content (AvgIpc) is 2.48. The van der Waals surface area contributed by atoms with Crippen molar-refractivity contribution in [1.29, 1.82) is 0 Å². The number of benzene rings is 2. The molecule has 0 saturated carbocycles. The van der Waals surface area contributed by atoms with E-state index in [-0.39, 0.29) is 11.7 Å². The molecule has 1 heterocycles. The van der Waals surface area contributed by atoms with Crippen molar-refractivity contribution in [3.63, 3.8) is 0 Å². The van der Waals surface area contributed by atoms with E-state index in [0.29, 0.717) is 12.1 Å². The molecule has 0 radical (unpaired) electrons. The van der Waals surface area contributed by atoms with Crippen LogP contribution in [0.25, 0.3) is 0 Å². The molecular formula is C17H17NO3. The van der Waals surface area contributed by atoms with E-state index in [2.05, 4.69) is 5.32 Å². The van der Waals surface area contributed by atoms with Crippen LogP contribution in [0.15, 0.2) is 42.5 Å². The van der Waals surface area contributed by atoms with Crippen molar-refractivity contribution < 1.29 is 14.6 Å². The van der Waals surface area contributed by atoms with Crippen LogP contribution in [-0.4, -0.2) is 17.1 Å². The maximum atomic E-state index is 12.3. The van der Waals surface area contributed by atoms with Gasteiger partial charge in [-0.05, 0) is 49.1 Å². The van der Waals surface area contributed by atoms with Gasteiger partial charge < -0.3 is 15.2 Å². The fourth-order valence-corrected chi connectivity index (χ4v) is 2.45. The Kier molecular flexibility index (Phi) is 3.52. The lowest BCUT2D eigenvalue weighted by molar-refractivity contribution is -0.123. The van der Waals surface area contributed by atoms with Crippen molar-refractivity contribution in [2.45, 2.75) is 25.9 Å². The van der Waals surface area contributed by atoms with Crippen LogP contribution in [0.2, 0.25) is 0 Å². The summed E-state index contributed by atoms with van der Waals surface area (Å²) in [6.07, 6.45) is 0.920. The Labute approximate surface area is 123 Å². The Morgan fingerprint density at radius 1 is 1.29 bits per heavy atom. The van der Waals surface area contributed by atoms with Crippen LogP contribution in [0.4, 0.5) is 5.69 Å². The van der Waals surface area contributed by atoms with Gasteiger partial charge in [0.1, 0.15) is 11.5 Å². The topological polar surface area (TPSA) is 58.6 Å². The molecule has 1 aliphatic heterocycles. The number of ether oxygens (including phenoxy) is 1. The number of rotatable bonds is 2. The Morgan fingerprint density at radius 3 is 2.90 bits per heavy atom. The van der Waals surface area contributed by atoms with Crippen LogP contribution in [0.3, 0.4) is 0 Å². The molecule has 3 rings (SSSR count). The quantitative estimate of drug-likeness (QED) is 0.833. The second-order valence-electron chi connectivity index (χ2n) is 5.26. The number of amides is 1. The molecule has 4 nitrogen and oxygen atoms in total. The molecular weight excluding hydrogens is 266 g/mol. The van der Waals surface area contributed by atoms with Gasteiger partial charge >= 0.3 is 0 Å². The lowest BCUT2D eigenvalue weighted by Crippen LogP contribution is -2.35. The van der Waals surface area contributed by atoms with Crippen LogP contribution in [0.1, 0.15) is 17.5 Å². The first-order chi connectivity index (χ1) is 10.1. The van der Waals surface area contributed by atoms with Gasteiger partial charge in [0.15, 0.2) is 6.10 Å². The van der Waals surface area contributed by atoms with Crippen molar-refractivity contribution in [3.8, 4) is 11.5 Å². The van der Waals surface area contributed by atoms with Crippen LogP contribution >= 0.6 is 0 Å². The predicted molar refractivity (Wildman–Crippen MR) is 80.7 cm³/mol. The monoisotopic (exact) mass is 283 g/mol. The van der Waals surface area contributed by atoms with E-state index in [1.165, 1.54) is 6.07 Å². The summed E-state index contributed by atoms with van der Waals surface area (Å²) in [7, 11) is 0. The smallest absolute Gasteiger partial charge is 0.265 e. The first kappa shape index (κ1) is 13.5. The largest absolute Gasteiger partial charge is 0.506 e. The Balaban J connectivity index is 1.74. The summed E-state index contributed by atoms with van der Waals surface area (Å²) in [5, 5.41) is 12.4. The minimum Gasteiger partial charge on any atom is -0.506 e. The summed E-state index contributed by atoms with van der Waals surface area (Å²) < 4.78 is 5.79. The molecule has 0 saturated heterocycles. The second kappa shape index (κ2) is 5.48.